The van der Waals surface area contributed by atoms with Crippen molar-refractivity contribution in [3.63, 3.8) is 0 Å². The molecule has 0 unspecified atom stereocenters. The van der Waals surface area contributed by atoms with E-state index >= 15 is 0 Å². The molecule has 3 aromatic rings. The van der Waals surface area contributed by atoms with Crippen LogP contribution in [0.3, 0.4) is 0 Å². The first-order valence-corrected chi connectivity index (χ1v) is 7.36. The zero-order valence-corrected chi connectivity index (χ0v) is 13.0. The molecule has 5 heteroatoms. The van der Waals surface area contributed by atoms with Crippen LogP contribution in [0.4, 0.5) is 6.01 Å². The van der Waals surface area contributed by atoms with E-state index in [0.717, 1.165) is 22.3 Å². The molecular weight excluding hydrogens is 290 g/mol. The summed E-state index contributed by atoms with van der Waals surface area (Å²) in [5, 5.41) is 10.5. The predicted molar refractivity (Wildman–Crippen MR) is 88.0 cm³/mol. The van der Waals surface area contributed by atoms with Gasteiger partial charge in [0, 0.05) is 5.56 Å². The van der Waals surface area contributed by atoms with Crippen LogP contribution in [0.15, 0.2) is 52.9 Å². The first-order chi connectivity index (χ1) is 11.1. The van der Waals surface area contributed by atoms with Crippen molar-refractivity contribution >= 4 is 11.9 Å². The van der Waals surface area contributed by atoms with E-state index in [2.05, 4.69) is 21.6 Å². The lowest BCUT2D eigenvalue weighted by molar-refractivity contribution is -0.115. The third-order valence-corrected chi connectivity index (χ3v) is 3.35. The molecule has 23 heavy (non-hydrogen) atoms. The number of nitrogens with zero attached hydrogens (tertiary/aromatic N) is 2. The molecule has 1 N–H and O–H groups in total. The van der Waals surface area contributed by atoms with Gasteiger partial charge >= 0.3 is 6.01 Å². The lowest BCUT2D eigenvalue weighted by Crippen LogP contribution is -2.14. The highest BCUT2D eigenvalue weighted by Crippen LogP contribution is 2.22. The predicted octanol–water partition coefficient (Wildman–Crippen LogP) is 3.53. The maximum atomic E-state index is 12.0. The molecule has 1 aromatic heterocycles. The van der Waals surface area contributed by atoms with Crippen LogP contribution >= 0.6 is 0 Å². The van der Waals surface area contributed by atoms with Crippen molar-refractivity contribution in [2.45, 2.75) is 20.3 Å². The van der Waals surface area contributed by atoms with Gasteiger partial charge in [-0.3, -0.25) is 10.1 Å². The molecule has 0 aliphatic heterocycles. The Morgan fingerprint density at radius 3 is 2.43 bits per heavy atom. The van der Waals surface area contributed by atoms with Crippen LogP contribution in [0.2, 0.25) is 0 Å². The summed E-state index contributed by atoms with van der Waals surface area (Å²) in [4.78, 5) is 12.0. The van der Waals surface area contributed by atoms with Gasteiger partial charge in [-0.05, 0) is 31.5 Å². The Morgan fingerprint density at radius 1 is 1.04 bits per heavy atom. The highest BCUT2D eigenvalue weighted by Gasteiger charge is 2.12. The van der Waals surface area contributed by atoms with Gasteiger partial charge < -0.3 is 4.42 Å². The molecule has 0 aliphatic carbocycles. The summed E-state index contributed by atoms with van der Waals surface area (Å²) in [6, 6.07) is 15.6. The number of hydrogen-bond acceptors (Lipinski definition) is 4. The summed E-state index contributed by atoms with van der Waals surface area (Å²) < 4.78 is 5.53. The van der Waals surface area contributed by atoms with Crippen molar-refractivity contribution in [2.24, 2.45) is 0 Å². The largest absolute Gasteiger partial charge is 0.403 e. The summed E-state index contributed by atoms with van der Waals surface area (Å²) in [6.07, 6.45) is 0.266. The second-order valence-electron chi connectivity index (χ2n) is 5.50. The number of anilines is 1. The number of carbonyl (C=O) groups excluding carboxylic acids is 1. The molecule has 0 fully saturated rings. The Balaban J connectivity index is 1.71. The number of aromatic nitrogens is 2. The summed E-state index contributed by atoms with van der Waals surface area (Å²) in [5.41, 5.74) is 4.01. The third kappa shape index (κ3) is 3.83. The molecule has 5 nitrogen and oxygen atoms in total. The molecule has 1 amide bonds. The first-order valence-electron chi connectivity index (χ1n) is 7.36. The summed E-state index contributed by atoms with van der Waals surface area (Å²) in [5.74, 6) is 0.207. The minimum atomic E-state index is -0.188. The van der Waals surface area contributed by atoms with Gasteiger partial charge in [0.1, 0.15) is 0 Å². The Kier molecular flexibility index (Phi) is 4.19. The van der Waals surface area contributed by atoms with Gasteiger partial charge in [-0.25, -0.2) is 0 Å². The number of aryl methyl sites for hydroxylation is 2. The standard InChI is InChI=1S/C18H17N3O2/c1-12-8-13(2)10-15(9-12)17-20-21-18(23-17)19-16(22)11-14-6-4-3-5-7-14/h3-10H,11H2,1-2H3,(H,19,21,22). The van der Waals surface area contributed by atoms with Crippen LogP contribution in [0.5, 0.6) is 0 Å². The zero-order chi connectivity index (χ0) is 16.2. The minimum absolute atomic E-state index is 0.111. The lowest BCUT2D eigenvalue weighted by atomic mass is 10.1. The first kappa shape index (κ1) is 15.0. The van der Waals surface area contributed by atoms with Crippen molar-refractivity contribution in [3.8, 4) is 11.5 Å². The van der Waals surface area contributed by atoms with E-state index in [9.17, 15) is 4.79 Å². The molecule has 1 heterocycles. The van der Waals surface area contributed by atoms with Crippen molar-refractivity contribution < 1.29 is 9.21 Å². The van der Waals surface area contributed by atoms with E-state index in [4.69, 9.17) is 4.42 Å². The van der Waals surface area contributed by atoms with Crippen molar-refractivity contribution in [2.75, 3.05) is 5.32 Å². The second kappa shape index (κ2) is 6.44. The van der Waals surface area contributed by atoms with Crippen LogP contribution in [0.25, 0.3) is 11.5 Å². The topological polar surface area (TPSA) is 68.0 Å². The van der Waals surface area contributed by atoms with Gasteiger partial charge in [0.15, 0.2) is 0 Å². The highest BCUT2D eigenvalue weighted by molar-refractivity contribution is 5.90. The number of rotatable bonds is 4. The van der Waals surface area contributed by atoms with E-state index in [1.165, 1.54) is 0 Å². The van der Waals surface area contributed by atoms with Crippen LogP contribution < -0.4 is 5.32 Å². The highest BCUT2D eigenvalue weighted by atomic mass is 16.4. The number of amides is 1. The average molecular weight is 307 g/mol. The Hall–Kier alpha value is -2.95. The number of hydrogen-bond donors (Lipinski definition) is 1. The molecule has 116 valence electrons. The van der Waals surface area contributed by atoms with Gasteiger partial charge in [0.2, 0.25) is 11.8 Å². The molecule has 0 atom stereocenters. The fourth-order valence-corrected chi connectivity index (χ4v) is 2.43. The molecular formula is C18H17N3O2. The number of benzene rings is 2. The molecule has 0 aliphatic rings. The van der Waals surface area contributed by atoms with Gasteiger partial charge in [-0.2, -0.15) is 0 Å². The van der Waals surface area contributed by atoms with Gasteiger partial charge in [-0.15, -0.1) is 5.10 Å². The van der Waals surface area contributed by atoms with Crippen molar-refractivity contribution in [3.05, 3.63) is 65.2 Å². The Bertz CT molecular complexity index is 805. The Morgan fingerprint density at radius 2 is 1.74 bits per heavy atom. The molecule has 0 saturated carbocycles. The fourth-order valence-electron chi connectivity index (χ4n) is 2.43. The van der Waals surface area contributed by atoms with Gasteiger partial charge in [-0.1, -0.05) is 52.6 Å². The minimum Gasteiger partial charge on any atom is -0.403 e. The van der Waals surface area contributed by atoms with Gasteiger partial charge in [0.05, 0.1) is 6.42 Å². The van der Waals surface area contributed by atoms with E-state index in [1.807, 2.05) is 56.3 Å². The summed E-state index contributed by atoms with van der Waals surface area (Å²) in [7, 11) is 0. The molecule has 0 saturated heterocycles. The van der Waals surface area contributed by atoms with E-state index in [0.29, 0.717) is 5.89 Å². The Labute approximate surface area is 134 Å². The van der Waals surface area contributed by atoms with Crippen LogP contribution in [-0.2, 0) is 11.2 Å². The fraction of sp³-hybridized carbons (Fsp3) is 0.167. The second-order valence-corrected chi connectivity index (χ2v) is 5.50. The maximum Gasteiger partial charge on any atom is 0.322 e. The van der Waals surface area contributed by atoms with E-state index < -0.39 is 0 Å². The summed E-state index contributed by atoms with van der Waals surface area (Å²) in [6.45, 7) is 4.02. The van der Waals surface area contributed by atoms with Crippen LogP contribution in [0.1, 0.15) is 16.7 Å². The smallest absolute Gasteiger partial charge is 0.322 e. The molecule has 3 rings (SSSR count). The monoisotopic (exact) mass is 307 g/mol. The number of nitrogens with one attached hydrogen (secondary N) is 1. The SMILES string of the molecule is Cc1cc(C)cc(-c2nnc(NC(=O)Cc3ccccc3)o2)c1. The lowest BCUT2D eigenvalue weighted by Gasteiger charge is -2.01. The third-order valence-electron chi connectivity index (χ3n) is 3.35. The normalized spacial score (nSPS) is 10.5. The zero-order valence-electron chi connectivity index (χ0n) is 13.0. The number of carbonyl (C=O) groups is 1. The molecule has 2 aromatic carbocycles. The van der Waals surface area contributed by atoms with Gasteiger partial charge in [0.25, 0.3) is 0 Å². The van der Waals surface area contributed by atoms with Crippen molar-refractivity contribution in [1.82, 2.24) is 10.2 Å². The van der Waals surface area contributed by atoms with E-state index in [-0.39, 0.29) is 18.3 Å². The molecule has 0 spiro atoms. The maximum absolute atomic E-state index is 12.0. The van der Waals surface area contributed by atoms with Crippen LogP contribution in [0, 0.1) is 13.8 Å². The van der Waals surface area contributed by atoms with Crippen LogP contribution in [-0.4, -0.2) is 16.1 Å². The molecule has 0 radical (unpaired) electrons. The van der Waals surface area contributed by atoms with Crippen molar-refractivity contribution in [1.29, 1.82) is 0 Å². The quantitative estimate of drug-likeness (QED) is 0.800. The summed E-state index contributed by atoms with van der Waals surface area (Å²) >= 11 is 0. The average Bonchev–Trinajstić information content (AvgIpc) is 2.95. The molecule has 0 bridgehead atoms. The van der Waals surface area contributed by atoms with E-state index in [1.54, 1.807) is 0 Å².